The Morgan fingerprint density at radius 3 is 2.85 bits per heavy atom. The first-order chi connectivity index (χ1) is 13.2. The first kappa shape index (κ1) is 17.5. The van der Waals surface area contributed by atoms with Crippen LogP contribution in [0.5, 0.6) is 5.75 Å². The van der Waals surface area contributed by atoms with Gasteiger partial charge in [-0.25, -0.2) is 5.43 Å². The molecule has 0 radical (unpaired) electrons. The SMILES string of the molecule is COc1ccc(C2NNCC2CNC(=O)Cn2cc3ccccc3n2)cc1. The molecule has 3 aromatic rings. The van der Waals surface area contributed by atoms with E-state index in [1.54, 1.807) is 11.8 Å². The lowest BCUT2D eigenvalue weighted by Gasteiger charge is -2.19. The summed E-state index contributed by atoms with van der Waals surface area (Å²) in [5.41, 5.74) is 8.54. The van der Waals surface area contributed by atoms with Crippen LogP contribution in [0.2, 0.25) is 0 Å². The maximum atomic E-state index is 12.3. The molecule has 140 valence electrons. The first-order valence-corrected chi connectivity index (χ1v) is 9.04. The highest BCUT2D eigenvalue weighted by Gasteiger charge is 2.28. The normalized spacial score (nSPS) is 19.3. The van der Waals surface area contributed by atoms with Gasteiger partial charge in [-0.3, -0.25) is 14.9 Å². The molecule has 1 aliphatic rings. The Hall–Kier alpha value is -2.90. The topological polar surface area (TPSA) is 80.2 Å². The molecule has 2 heterocycles. The average molecular weight is 365 g/mol. The third-order valence-electron chi connectivity index (χ3n) is 4.90. The zero-order valence-electron chi connectivity index (χ0n) is 15.2. The van der Waals surface area contributed by atoms with Gasteiger partial charge >= 0.3 is 0 Å². The highest BCUT2D eigenvalue weighted by atomic mass is 16.5. The molecular formula is C20H23N5O2. The number of carbonyl (C=O) groups is 1. The number of hydrazine groups is 1. The molecule has 2 aromatic carbocycles. The monoisotopic (exact) mass is 365 g/mol. The molecule has 7 nitrogen and oxygen atoms in total. The molecular weight excluding hydrogens is 342 g/mol. The van der Waals surface area contributed by atoms with Crippen LogP contribution in [0.1, 0.15) is 11.6 Å². The summed E-state index contributed by atoms with van der Waals surface area (Å²) < 4.78 is 6.90. The number of fused-ring (bicyclic) bond motifs is 1. The summed E-state index contributed by atoms with van der Waals surface area (Å²) in [5, 5.41) is 8.50. The summed E-state index contributed by atoms with van der Waals surface area (Å²) in [6.07, 6.45) is 1.90. The highest BCUT2D eigenvalue weighted by Crippen LogP contribution is 2.26. The van der Waals surface area contributed by atoms with Crippen molar-refractivity contribution in [2.75, 3.05) is 20.2 Å². The van der Waals surface area contributed by atoms with Crippen LogP contribution in [-0.2, 0) is 11.3 Å². The molecule has 0 spiro atoms. The second kappa shape index (κ2) is 7.77. The number of rotatable bonds is 6. The Morgan fingerprint density at radius 2 is 2.07 bits per heavy atom. The van der Waals surface area contributed by atoms with Crippen molar-refractivity contribution in [3.8, 4) is 5.75 Å². The van der Waals surface area contributed by atoms with Gasteiger partial charge in [0.1, 0.15) is 12.3 Å². The molecule has 3 N–H and O–H groups in total. The third-order valence-corrected chi connectivity index (χ3v) is 4.90. The Balaban J connectivity index is 1.34. The van der Waals surface area contributed by atoms with Crippen LogP contribution in [0.4, 0.5) is 0 Å². The minimum Gasteiger partial charge on any atom is -0.497 e. The Morgan fingerprint density at radius 1 is 1.26 bits per heavy atom. The number of methoxy groups -OCH3 is 1. The molecule has 1 saturated heterocycles. The van der Waals surface area contributed by atoms with Gasteiger partial charge < -0.3 is 10.1 Å². The summed E-state index contributed by atoms with van der Waals surface area (Å²) in [4.78, 5) is 12.3. The second-order valence-electron chi connectivity index (χ2n) is 6.73. The number of amides is 1. The number of aromatic nitrogens is 2. The first-order valence-electron chi connectivity index (χ1n) is 9.04. The average Bonchev–Trinajstić information content (AvgIpc) is 3.32. The predicted octanol–water partition coefficient (Wildman–Crippen LogP) is 1.63. The maximum Gasteiger partial charge on any atom is 0.241 e. The van der Waals surface area contributed by atoms with E-state index < -0.39 is 0 Å². The predicted molar refractivity (Wildman–Crippen MR) is 103 cm³/mol. The van der Waals surface area contributed by atoms with E-state index in [1.165, 1.54) is 5.56 Å². The summed E-state index contributed by atoms with van der Waals surface area (Å²) in [7, 11) is 1.66. The number of hydrogen-bond acceptors (Lipinski definition) is 5. The third kappa shape index (κ3) is 3.94. The van der Waals surface area contributed by atoms with Crippen molar-refractivity contribution in [2.24, 2.45) is 5.92 Å². The van der Waals surface area contributed by atoms with Crippen LogP contribution >= 0.6 is 0 Å². The molecule has 1 amide bonds. The molecule has 27 heavy (non-hydrogen) atoms. The molecule has 0 bridgehead atoms. The van der Waals surface area contributed by atoms with Gasteiger partial charge in [0, 0.05) is 30.6 Å². The highest BCUT2D eigenvalue weighted by molar-refractivity contribution is 5.79. The van der Waals surface area contributed by atoms with Gasteiger partial charge in [0.2, 0.25) is 5.91 Å². The lowest BCUT2D eigenvalue weighted by atomic mass is 9.95. The number of hydrogen-bond donors (Lipinski definition) is 3. The van der Waals surface area contributed by atoms with Crippen molar-refractivity contribution in [1.29, 1.82) is 0 Å². The van der Waals surface area contributed by atoms with E-state index in [0.717, 1.165) is 23.2 Å². The van der Waals surface area contributed by atoms with E-state index in [0.29, 0.717) is 6.54 Å². The fourth-order valence-electron chi connectivity index (χ4n) is 3.44. The molecule has 1 fully saturated rings. The standard InChI is InChI=1S/C20H23N5O2/c1-27-17-8-6-14(7-9-17)20-16(11-22-23-20)10-21-19(26)13-25-12-15-4-2-3-5-18(15)24-25/h2-9,12,16,20,22-23H,10-11,13H2,1H3,(H,21,26). The Kier molecular flexibility index (Phi) is 5.04. The molecule has 1 aromatic heterocycles. The van der Waals surface area contributed by atoms with E-state index in [4.69, 9.17) is 4.74 Å². The van der Waals surface area contributed by atoms with Crippen LogP contribution in [0.3, 0.4) is 0 Å². The second-order valence-corrected chi connectivity index (χ2v) is 6.73. The van der Waals surface area contributed by atoms with Gasteiger partial charge in [0.25, 0.3) is 0 Å². The number of carbonyl (C=O) groups excluding carboxylic acids is 1. The van der Waals surface area contributed by atoms with Crippen molar-refractivity contribution >= 4 is 16.8 Å². The van der Waals surface area contributed by atoms with Gasteiger partial charge in [-0.05, 0) is 23.8 Å². The van der Waals surface area contributed by atoms with Crippen LogP contribution < -0.4 is 20.9 Å². The number of nitrogens with zero attached hydrogens (tertiary/aromatic N) is 2. The van der Waals surface area contributed by atoms with E-state index in [9.17, 15) is 4.79 Å². The molecule has 7 heteroatoms. The van der Waals surface area contributed by atoms with Gasteiger partial charge in [-0.15, -0.1) is 0 Å². The maximum absolute atomic E-state index is 12.3. The zero-order valence-corrected chi connectivity index (χ0v) is 15.2. The Labute approximate surface area is 157 Å². The van der Waals surface area contributed by atoms with Gasteiger partial charge in [-0.2, -0.15) is 5.10 Å². The fourth-order valence-corrected chi connectivity index (χ4v) is 3.44. The fraction of sp³-hybridized carbons (Fsp3) is 0.300. The van der Waals surface area contributed by atoms with Crippen molar-refractivity contribution in [3.63, 3.8) is 0 Å². The van der Waals surface area contributed by atoms with Crippen LogP contribution in [0, 0.1) is 5.92 Å². The lowest BCUT2D eigenvalue weighted by molar-refractivity contribution is -0.122. The van der Waals surface area contributed by atoms with Gasteiger partial charge in [0.05, 0.1) is 18.7 Å². The number of benzene rings is 2. The molecule has 4 rings (SSSR count). The van der Waals surface area contributed by atoms with Gasteiger partial charge in [-0.1, -0.05) is 30.3 Å². The van der Waals surface area contributed by atoms with E-state index in [-0.39, 0.29) is 24.4 Å². The minimum absolute atomic E-state index is 0.0387. The van der Waals surface area contributed by atoms with Crippen molar-refractivity contribution in [3.05, 3.63) is 60.3 Å². The number of ether oxygens (including phenoxy) is 1. The summed E-state index contributed by atoms with van der Waals surface area (Å²) in [6, 6.07) is 16.0. The van der Waals surface area contributed by atoms with Crippen molar-refractivity contribution in [1.82, 2.24) is 25.9 Å². The molecule has 2 atom stereocenters. The quantitative estimate of drug-likeness (QED) is 0.619. The van der Waals surface area contributed by atoms with Crippen molar-refractivity contribution in [2.45, 2.75) is 12.6 Å². The molecule has 0 saturated carbocycles. The van der Waals surface area contributed by atoms with Crippen molar-refractivity contribution < 1.29 is 9.53 Å². The molecule has 1 aliphatic heterocycles. The van der Waals surface area contributed by atoms with E-state index >= 15 is 0 Å². The lowest BCUT2D eigenvalue weighted by Crippen LogP contribution is -2.34. The summed E-state index contributed by atoms with van der Waals surface area (Å²) in [5.74, 6) is 1.06. The summed E-state index contributed by atoms with van der Waals surface area (Å²) >= 11 is 0. The van der Waals surface area contributed by atoms with Crippen LogP contribution in [0.15, 0.2) is 54.7 Å². The van der Waals surface area contributed by atoms with Crippen LogP contribution in [-0.4, -0.2) is 35.9 Å². The largest absolute Gasteiger partial charge is 0.497 e. The van der Waals surface area contributed by atoms with E-state index in [2.05, 4.69) is 21.3 Å². The minimum atomic E-state index is -0.0387. The molecule has 2 unspecified atom stereocenters. The number of nitrogens with one attached hydrogen (secondary N) is 3. The smallest absolute Gasteiger partial charge is 0.241 e. The van der Waals surface area contributed by atoms with Gasteiger partial charge in [0.15, 0.2) is 0 Å². The summed E-state index contributed by atoms with van der Waals surface area (Å²) in [6.45, 7) is 1.61. The zero-order chi connectivity index (χ0) is 18.6. The van der Waals surface area contributed by atoms with Crippen LogP contribution in [0.25, 0.3) is 10.9 Å². The van der Waals surface area contributed by atoms with E-state index in [1.807, 2.05) is 54.7 Å². The Bertz CT molecular complexity index is 889. The molecule has 0 aliphatic carbocycles.